The molecule has 0 spiro atoms. The van der Waals surface area contributed by atoms with Crippen molar-refractivity contribution in [1.29, 1.82) is 0 Å². The van der Waals surface area contributed by atoms with Crippen LogP contribution in [0.4, 0.5) is 10.0 Å². The maximum absolute atomic E-state index is 2.65. The molecule has 0 aromatic carbocycles. The molecule has 4 unspecified atom stereocenters. The van der Waals surface area contributed by atoms with Crippen molar-refractivity contribution in [2.75, 3.05) is 23.9 Å². The molecule has 2 aliphatic heterocycles. The van der Waals surface area contributed by atoms with Crippen molar-refractivity contribution in [3.05, 3.63) is 11.1 Å². The fourth-order valence-electron chi connectivity index (χ4n) is 5.80. The summed E-state index contributed by atoms with van der Waals surface area (Å²) < 4.78 is 0. The molecule has 3 heterocycles. The number of anilines is 2. The van der Waals surface area contributed by atoms with Crippen LogP contribution in [0.1, 0.15) is 74.3 Å². The first-order valence-electron chi connectivity index (χ1n) is 8.89. The third kappa shape index (κ3) is 1.54. The lowest BCUT2D eigenvalue weighted by atomic mass is 9.76. The molecule has 4 atom stereocenters. The highest BCUT2D eigenvalue weighted by molar-refractivity contribution is 7.20. The van der Waals surface area contributed by atoms with Gasteiger partial charge in [0, 0.05) is 38.0 Å². The Hall–Kier alpha value is -0.700. The maximum atomic E-state index is 2.65. The van der Waals surface area contributed by atoms with E-state index < -0.39 is 0 Å². The van der Waals surface area contributed by atoms with Gasteiger partial charge in [-0.15, -0.1) is 11.3 Å². The highest BCUT2D eigenvalue weighted by Crippen LogP contribution is 2.62. The molecule has 1 aromatic rings. The van der Waals surface area contributed by atoms with Gasteiger partial charge in [-0.1, -0.05) is 25.7 Å². The van der Waals surface area contributed by atoms with Gasteiger partial charge in [0.15, 0.2) is 0 Å². The maximum Gasteiger partial charge on any atom is 0.0969 e. The van der Waals surface area contributed by atoms with Crippen LogP contribution in [0.3, 0.4) is 0 Å². The van der Waals surface area contributed by atoms with Crippen molar-refractivity contribution in [3.63, 3.8) is 0 Å². The summed E-state index contributed by atoms with van der Waals surface area (Å²) in [7, 11) is 4.72. The fraction of sp³-hybridized carbons (Fsp3) is 0.778. The largest absolute Gasteiger partial charge is 0.363 e. The van der Waals surface area contributed by atoms with Gasteiger partial charge in [-0.3, -0.25) is 0 Å². The molecule has 3 heteroatoms. The van der Waals surface area contributed by atoms with Crippen molar-refractivity contribution in [2.45, 2.75) is 75.3 Å². The Morgan fingerprint density at radius 2 is 1.14 bits per heavy atom. The van der Waals surface area contributed by atoms with Crippen LogP contribution >= 0.6 is 11.3 Å². The van der Waals surface area contributed by atoms with E-state index in [1.807, 2.05) is 11.1 Å². The molecule has 2 fully saturated rings. The van der Waals surface area contributed by atoms with Crippen molar-refractivity contribution in [1.82, 2.24) is 0 Å². The monoisotopic (exact) mass is 302 g/mol. The Kier molecular flexibility index (Phi) is 2.69. The molecule has 114 valence electrons. The van der Waals surface area contributed by atoms with Crippen LogP contribution in [0, 0.1) is 0 Å². The zero-order chi connectivity index (χ0) is 14.1. The minimum absolute atomic E-state index is 0.818. The van der Waals surface area contributed by atoms with Gasteiger partial charge in [0.25, 0.3) is 0 Å². The number of hydrogen-bond acceptors (Lipinski definition) is 3. The second-order valence-electron chi connectivity index (χ2n) is 7.68. The van der Waals surface area contributed by atoms with E-state index in [9.17, 15) is 0 Å². The van der Waals surface area contributed by atoms with E-state index in [0.29, 0.717) is 0 Å². The Morgan fingerprint density at radius 1 is 0.714 bits per heavy atom. The van der Waals surface area contributed by atoms with Gasteiger partial charge in [-0.2, -0.15) is 0 Å². The van der Waals surface area contributed by atoms with E-state index in [2.05, 4.69) is 35.2 Å². The lowest BCUT2D eigenvalue weighted by Gasteiger charge is -2.32. The highest BCUT2D eigenvalue weighted by Gasteiger charge is 2.48. The number of thiophene rings is 1. The van der Waals surface area contributed by atoms with Crippen LogP contribution in [-0.2, 0) is 0 Å². The fourth-order valence-corrected chi connectivity index (χ4v) is 7.28. The molecule has 0 radical (unpaired) electrons. The Bertz CT molecular complexity index is 530. The van der Waals surface area contributed by atoms with E-state index >= 15 is 0 Å². The first-order valence-corrected chi connectivity index (χ1v) is 9.71. The first-order chi connectivity index (χ1) is 10.3. The lowest BCUT2D eigenvalue weighted by Crippen LogP contribution is -2.32. The van der Waals surface area contributed by atoms with Gasteiger partial charge in [-0.25, -0.2) is 0 Å². The Labute approximate surface area is 132 Å². The number of rotatable bonds is 0. The molecule has 1 aromatic heterocycles. The number of likely N-dealkylation sites (N-methyl/N-ethyl adjacent to an activating group) is 2. The molecular formula is C18H26N2S. The molecule has 4 aliphatic rings. The normalized spacial score (nSPS) is 37.2. The van der Waals surface area contributed by atoms with Crippen LogP contribution < -0.4 is 9.80 Å². The van der Waals surface area contributed by atoms with Gasteiger partial charge < -0.3 is 9.80 Å². The van der Waals surface area contributed by atoms with Crippen LogP contribution in [0.25, 0.3) is 0 Å². The predicted molar refractivity (Wildman–Crippen MR) is 91.1 cm³/mol. The van der Waals surface area contributed by atoms with Gasteiger partial charge in [0.2, 0.25) is 0 Å². The summed E-state index contributed by atoms with van der Waals surface area (Å²) in [5.74, 6) is 1.71. The minimum Gasteiger partial charge on any atom is -0.363 e. The summed E-state index contributed by atoms with van der Waals surface area (Å²) in [5.41, 5.74) is 3.62. The average molecular weight is 302 g/mol. The number of hydrogen-bond donors (Lipinski definition) is 0. The highest BCUT2D eigenvalue weighted by atomic mass is 32.1. The molecule has 2 saturated carbocycles. The quantitative estimate of drug-likeness (QED) is 0.685. The van der Waals surface area contributed by atoms with Crippen molar-refractivity contribution < 1.29 is 0 Å². The first kappa shape index (κ1) is 12.8. The molecule has 0 bridgehead atoms. The molecule has 2 aliphatic carbocycles. The molecule has 0 N–H and O–H groups in total. The van der Waals surface area contributed by atoms with Crippen molar-refractivity contribution in [2.24, 2.45) is 0 Å². The van der Waals surface area contributed by atoms with Crippen molar-refractivity contribution in [3.8, 4) is 0 Å². The van der Waals surface area contributed by atoms with E-state index in [-0.39, 0.29) is 0 Å². The summed E-state index contributed by atoms with van der Waals surface area (Å²) >= 11 is 2.11. The van der Waals surface area contributed by atoms with Crippen molar-refractivity contribution >= 4 is 21.3 Å². The second-order valence-corrected chi connectivity index (χ2v) is 8.66. The van der Waals surface area contributed by atoms with Crippen LogP contribution in [-0.4, -0.2) is 26.2 Å². The SMILES string of the molecule is CN1c2sc3c(c2C2CCCCC21)C1CCCCC1N3C. The molecule has 0 amide bonds. The minimum atomic E-state index is 0.818. The van der Waals surface area contributed by atoms with Gasteiger partial charge in [-0.05, 0) is 36.8 Å². The zero-order valence-corrected chi connectivity index (χ0v) is 14.1. The summed E-state index contributed by atoms with van der Waals surface area (Å²) in [6, 6.07) is 1.64. The van der Waals surface area contributed by atoms with Crippen LogP contribution in [0.5, 0.6) is 0 Å². The Balaban J connectivity index is 1.65. The summed E-state index contributed by atoms with van der Waals surface area (Å²) in [5, 5.41) is 3.26. The predicted octanol–water partition coefficient (Wildman–Crippen LogP) is 4.70. The van der Waals surface area contributed by atoms with E-state index in [4.69, 9.17) is 0 Å². The summed E-state index contributed by atoms with van der Waals surface area (Å²) in [6.45, 7) is 0. The van der Waals surface area contributed by atoms with Crippen LogP contribution in [0.15, 0.2) is 0 Å². The topological polar surface area (TPSA) is 6.48 Å². The molecular weight excluding hydrogens is 276 g/mol. The third-order valence-electron chi connectivity index (χ3n) is 6.78. The van der Waals surface area contributed by atoms with Gasteiger partial charge in [0.1, 0.15) is 0 Å². The zero-order valence-electron chi connectivity index (χ0n) is 13.3. The number of fused-ring (bicyclic) bond motifs is 7. The van der Waals surface area contributed by atoms with Gasteiger partial charge in [0.05, 0.1) is 10.0 Å². The Morgan fingerprint density at radius 3 is 1.62 bits per heavy atom. The molecule has 2 nitrogen and oxygen atoms in total. The van der Waals surface area contributed by atoms with Gasteiger partial charge >= 0.3 is 0 Å². The lowest BCUT2D eigenvalue weighted by molar-refractivity contribution is 0.380. The molecule has 0 saturated heterocycles. The van der Waals surface area contributed by atoms with E-state index in [1.165, 1.54) is 51.4 Å². The summed E-state index contributed by atoms with van der Waals surface area (Å²) in [4.78, 5) is 5.29. The van der Waals surface area contributed by atoms with Crippen LogP contribution in [0.2, 0.25) is 0 Å². The third-order valence-corrected chi connectivity index (χ3v) is 8.18. The molecule has 21 heavy (non-hydrogen) atoms. The molecule has 5 rings (SSSR count). The average Bonchev–Trinajstić information content (AvgIpc) is 3.12. The van der Waals surface area contributed by atoms with E-state index in [1.54, 1.807) is 10.0 Å². The van der Waals surface area contributed by atoms with E-state index in [0.717, 1.165) is 23.9 Å². The summed E-state index contributed by atoms with van der Waals surface area (Å²) in [6.07, 6.45) is 11.5. The number of nitrogens with zero attached hydrogens (tertiary/aromatic N) is 2. The second kappa shape index (κ2) is 4.41. The smallest absolute Gasteiger partial charge is 0.0969 e. The standard InChI is InChI=1S/C18H26N2S/c1-19-13-9-5-3-7-11(13)15-16-12-8-4-6-10-14(12)20(2)18(16)21-17(15)19/h11-14H,3-10H2,1-2H3.